The summed E-state index contributed by atoms with van der Waals surface area (Å²) in [6.07, 6.45) is 8.04. The van der Waals surface area contributed by atoms with Gasteiger partial charge in [-0.05, 0) is 77.1 Å². The Bertz CT molecular complexity index is 857. The van der Waals surface area contributed by atoms with Crippen LogP contribution >= 0.6 is 11.6 Å². The largest absolute Gasteiger partial charge is 0.355 e. The van der Waals surface area contributed by atoms with Crippen molar-refractivity contribution in [1.82, 2.24) is 9.62 Å². The van der Waals surface area contributed by atoms with Gasteiger partial charge >= 0.3 is 0 Å². The molecule has 1 N–H and O–H groups in total. The molecule has 1 heterocycles. The average molecular weight is 439 g/mol. The number of hydrogen-bond donors (Lipinski definition) is 1. The van der Waals surface area contributed by atoms with Gasteiger partial charge in [-0.25, -0.2) is 8.42 Å². The molecule has 5 nitrogen and oxygen atoms in total. The highest BCUT2D eigenvalue weighted by molar-refractivity contribution is 7.89. The first-order valence-electron chi connectivity index (χ1n) is 10.1. The van der Waals surface area contributed by atoms with Crippen LogP contribution in [0.5, 0.6) is 0 Å². The lowest BCUT2D eigenvalue weighted by atomic mass is 10.1. The number of amides is 1. The Morgan fingerprint density at radius 1 is 1.17 bits per heavy atom. The van der Waals surface area contributed by atoms with Gasteiger partial charge in [0.05, 0.1) is 4.90 Å². The molecule has 0 radical (unpaired) electrons. The summed E-state index contributed by atoms with van der Waals surface area (Å²) in [7, 11) is -3.84. The van der Waals surface area contributed by atoms with E-state index in [-0.39, 0.29) is 17.3 Å². The number of rotatable bonds is 8. The summed E-state index contributed by atoms with van der Waals surface area (Å²) in [5.41, 5.74) is 2.37. The number of halogens is 1. The molecule has 0 aromatic heterocycles. The summed E-state index contributed by atoms with van der Waals surface area (Å²) in [5, 5.41) is 3.32. The minimum Gasteiger partial charge on any atom is -0.355 e. The Hall–Kier alpha value is -1.63. The highest BCUT2D eigenvalue weighted by atomic mass is 35.5. The molecule has 1 aromatic rings. The maximum Gasteiger partial charge on any atom is 0.244 e. The topological polar surface area (TPSA) is 66.5 Å². The Labute approximate surface area is 179 Å². The average Bonchev–Trinajstić information content (AvgIpc) is 2.86. The third-order valence-corrected chi connectivity index (χ3v) is 7.13. The summed E-state index contributed by atoms with van der Waals surface area (Å²) in [4.78, 5) is 12.8. The van der Waals surface area contributed by atoms with E-state index in [1.54, 1.807) is 12.1 Å². The van der Waals surface area contributed by atoms with Crippen LogP contribution in [0.4, 0.5) is 0 Å². The van der Waals surface area contributed by atoms with Crippen LogP contribution in [0, 0.1) is 0 Å². The monoisotopic (exact) mass is 438 g/mol. The van der Waals surface area contributed by atoms with E-state index < -0.39 is 16.1 Å². The van der Waals surface area contributed by atoms with Gasteiger partial charge in [-0.3, -0.25) is 4.79 Å². The highest BCUT2D eigenvalue weighted by Crippen LogP contribution is 2.24. The van der Waals surface area contributed by atoms with E-state index in [1.165, 1.54) is 22.0 Å². The molecule has 1 atom stereocenters. The van der Waals surface area contributed by atoms with Crippen LogP contribution in [0.3, 0.4) is 0 Å². The van der Waals surface area contributed by atoms with Gasteiger partial charge in [0.15, 0.2) is 0 Å². The molecule has 1 aromatic carbocycles. The van der Waals surface area contributed by atoms with E-state index >= 15 is 0 Å². The zero-order valence-electron chi connectivity index (χ0n) is 17.4. The van der Waals surface area contributed by atoms with Crippen molar-refractivity contribution in [2.75, 3.05) is 13.1 Å². The molecular formula is C22H31ClN2O3S. The lowest BCUT2D eigenvalue weighted by Gasteiger charge is -2.28. The standard InChI is InChI=1S/C22H31ClN2O3S/c1-17(2)7-6-8-18(3)14-16-25(21-9-4-5-15-24-22(21)26)29(27,28)20-12-10-19(23)11-13-20/h7,10-14,21H,4-6,8-9,15-16H2,1-3H3,(H,24,26). The van der Waals surface area contributed by atoms with Crippen LogP contribution in [0.15, 0.2) is 52.5 Å². The Morgan fingerprint density at radius 3 is 2.52 bits per heavy atom. The highest BCUT2D eigenvalue weighted by Gasteiger charge is 2.35. The summed E-state index contributed by atoms with van der Waals surface area (Å²) < 4.78 is 28.1. The fraction of sp³-hybridized carbons (Fsp3) is 0.500. The Kier molecular flexibility index (Phi) is 8.93. The number of nitrogens with zero attached hydrogens (tertiary/aromatic N) is 1. The van der Waals surface area contributed by atoms with E-state index in [0.29, 0.717) is 18.0 Å². The van der Waals surface area contributed by atoms with Crippen LogP contribution < -0.4 is 5.32 Å². The molecule has 0 bridgehead atoms. The summed E-state index contributed by atoms with van der Waals surface area (Å²) in [6.45, 7) is 6.87. The number of carbonyl (C=O) groups excluding carboxylic acids is 1. The smallest absolute Gasteiger partial charge is 0.244 e. The quantitative estimate of drug-likeness (QED) is 0.598. The number of carbonyl (C=O) groups is 1. The molecule has 2 rings (SSSR count). The minimum absolute atomic E-state index is 0.148. The Balaban J connectivity index is 2.31. The van der Waals surface area contributed by atoms with E-state index in [9.17, 15) is 13.2 Å². The predicted octanol–water partition coefficient (Wildman–Crippen LogP) is 4.69. The fourth-order valence-corrected chi connectivity index (χ4v) is 4.95. The van der Waals surface area contributed by atoms with Gasteiger partial charge in [0.1, 0.15) is 6.04 Å². The normalized spacial score (nSPS) is 18.3. The first kappa shape index (κ1) is 23.6. The van der Waals surface area contributed by atoms with Crippen molar-refractivity contribution in [2.24, 2.45) is 0 Å². The van der Waals surface area contributed by atoms with Crippen molar-refractivity contribution in [1.29, 1.82) is 0 Å². The molecule has 1 unspecified atom stereocenters. The SMILES string of the molecule is CC(C)=CCCC(C)=CCN(C1CCCCNC1=O)S(=O)(=O)c1ccc(Cl)cc1. The van der Waals surface area contributed by atoms with Crippen molar-refractivity contribution in [2.45, 2.75) is 63.8 Å². The van der Waals surface area contributed by atoms with Gasteiger partial charge in [-0.1, -0.05) is 34.9 Å². The minimum atomic E-state index is -3.84. The molecular weight excluding hydrogens is 408 g/mol. The van der Waals surface area contributed by atoms with E-state index in [2.05, 4.69) is 25.2 Å². The number of benzene rings is 1. The molecule has 1 aliphatic rings. The lowest BCUT2D eigenvalue weighted by Crippen LogP contribution is -2.48. The van der Waals surface area contributed by atoms with Gasteiger partial charge in [0.2, 0.25) is 15.9 Å². The van der Waals surface area contributed by atoms with E-state index in [4.69, 9.17) is 11.6 Å². The van der Waals surface area contributed by atoms with Gasteiger partial charge in [-0.15, -0.1) is 0 Å². The van der Waals surface area contributed by atoms with Crippen molar-refractivity contribution < 1.29 is 13.2 Å². The number of hydrogen-bond acceptors (Lipinski definition) is 3. The predicted molar refractivity (Wildman–Crippen MR) is 118 cm³/mol. The molecule has 7 heteroatoms. The molecule has 0 saturated carbocycles. The first-order chi connectivity index (χ1) is 13.7. The van der Waals surface area contributed by atoms with Crippen molar-refractivity contribution in [3.8, 4) is 0 Å². The Morgan fingerprint density at radius 2 is 1.86 bits per heavy atom. The van der Waals surface area contributed by atoms with Crippen LogP contribution in [-0.4, -0.2) is 37.8 Å². The summed E-state index contributed by atoms with van der Waals surface area (Å²) in [6, 6.07) is 5.38. The molecule has 1 fully saturated rings. The van der Waals surface area contributed by atoms with Crippen molar-refractivity contribution in [3.05, 3.63) is 52.6 Å². The van der Waals surface area contributed by atoms with Crippen LogP contribution in [0.1, 0.15) is 52.9 Å². The van der Waals surface area contributed by atoms with Gasteiger partial charge < -0.3 is 5.32 Å². The third-order valence-electron chi connectivity index (χ3n) is 4.99. The van der Waals surface area contributed by atoms with Gasteiger partial charge in [-0.2, -0.15) is 4.31 Å². The number of allylic oxidation sites excluding steroid dienone is 3. The molecule has 160 valence electrons. The molecule has 29 heavy (non-hydrogen) atoms. The lowest BCUT2D eigenvalue weighted by molar-refractivity contribution is -0.124. The number of sulfonamides is 1. The van der Waals surface area contributed by atoms with Crippen LogP contribution in [0.2, 0.25) is 5.02 Å². The number of nitrogens with one attached hydrogen (secondary N) is 1. The second kappa shape index (κ2) is 11.0. The van der Waals surface area contributed by atoms with Gasteiger partial charge in [0.25, 0.3) is 0 Å². The second-order valence-electron chi connectivity index (χ2n) is 7.70. The van der Waals surface area contributed by atoms with Gasteiger partial charge in [0, 0.05) is 18.1 Å². The maximum atomic E-state index is 13.4. The second-order valence-corrected chi connectivity index (χ2v) is 10.0. The van der Waals surface area contributed by atoms with E-state index in [1.807, 2.05) is 13.0 Å². The molecule has 1 amide bonds. The van der Waals surface area contributed by atoms with Crippen molar-refractivity contribution >= 4 is 27.5 Å². The summed E-state index contributed by atoms with van der Waals surface area (Å²) >= 11 is 5.92. The molecule has 1 saturated heterocycles. The fourth-order valence-electron chi connectivity index (χ4n) is 3.27. The zero-order chi connectivity index (χ0) is 21.4. The molecule has 0 aliphatic carbocycles. The van der Waals surface area contributed by atoms with E-state index in [0.717, 1.165) is 31.3 Å². The first-order valence-corrected chi connectivity index (χ1v) is 11.9. The van der Waals surface area contributed by atoms with Crippen molar-refractivity contribution in [3.63, 3.8) is 0 Å². The molecule has 1 aliphatic heterocycles. The third kappa shape index (κ3) is 6.98. The summed E-state index contributed by atoms with van der Waals surface area (Å²) in [5.74, 6) is -0.226. The van der Waals surface area contributed by atoms with Crippen LogP contribution in [0.25, 0.3) is 0 Å². The molecule has 0 spiro atoms. The van der Waals surface area contributed by atoms with Crippen LogP contribution in [-0.2, 0) is 14.8 Å². The maximum absolute atomic E-state index is 13.4. The zero-order valence-corrected chi connectivity index (χ0v) is 19.0.